The van der Waals surface area contributed by atoms with Crippen LogP contribution in [-0.4, -0.2) is 26.8 Å². The van der Waals surface area contributed by atoms with Gasteiger partial charge in [0.15, 0.2) is 0 Å². The molecular formula is C15H24ClNO. The first-order valence-electron chi connectivity index (χ1n) is 6.73. The molecule has 0 radical (unpaired) electrons. The molecule has 1 rings (SSSR count). The fourth-order valence-corrected chi connectivity index (χ4v) is 2.26. The highest BCUT2D eigenvalue weighted by Crippen LogP contribution is 2.16. The van der Waals surface area contributed by atoms with Crippen molar-refractivity contribution in [2.45, 2.75) is 26.2 Å². The van der Waals surface area contributed by atoms with Crippen LogP contribution in [-0.2, 0) is 11.2 Å². The highest BCUT2D eigenvalue weighted by atomic mass is 35.5. The topological polar surface area (TPSA) is 21.3 Å². The standard InChI is InChI=1S/C15H24ClNO/c1-3-18-10-4-5-14(12-17-2)11-13-6-8-15(16)9-7-13/h6-9,14,17H,3-5,10-12H2,1-2H3. The zero-order chi connectivity index (χ0) is 13.2. The molecule has 18 heavy (non-hydrogen) atoms. The summed E-state index contributed by atoms with van der Waals surface area (Å²) in [7, 11) is 2.01. The predicted octanol–water partition coefficient (Wildman–Crippen LogP) is 3.53. The first kappa shape index (κ1) is 15.5. The summed E-state index contributed by atoms with van der Waals surface area (Å²) in [5.74, 6) is 0.664. The van der Waals surface area contributed by atoms with Crippen molar-refractivity contribution in [2.24, 2.45) is 5.92 Å². The molecule has 0 saturated heterocycles. The predicted molar refractivity (Wildman–Crippen MR) is 78.3 cm³/mol. The van der Waals surface area contributed by atoms with Crippen molar-refractivity contribution < 1.29 is 4.74 Å². The number of hydrogen-bond acceptors (Lipinski definition) is 2. The number of halogens is 1. The van der Waals surface area contributed by atoms with Gasteiger partial charge < -0.3 is 10.1 Å². The first-order valence-corrected chi connectivity index (χ1v) is 7.10. The molecule has 1 unspecified atom stereocenters. The van der Waals surface area contributed by atoms with E-state index in [2.05, 4.69) is 17.4 Å². The Morgan fingerprint density at radius 3 is 2.61 bits per heavy atom. The smallest absolute Gasteiger partial charge is 0.0466 e. The molecule has 0 bridgehead atoms. The summed E-state index contributed by atoms with van der Waals surface area (Å²) >= 11 is 5.90. The Bertz CT molecular complexity index is 313. The molecule has 102 valence electrons. The maximum Gasteiger partial charge on any atom is 0.0466 e. The van der Waals surface area contributed by atoms with Gasteiger partial charge in [0.25, 0.3) is 0 Å². The number of nitrogens with one attached hydrogen (secondary N) is 1. The summed E-state index contributed by atoms with van der Waals surface area (Å²) in [6.45, 7) is 4.78. The molecule has 0 amide bonds. The molecule has 0 heterocycles. The highest BCUT2D eigenvalue weighted by Gasteiger charge is 2.08. The Kier molecular flexibility index (Phi) is 8.06. The van der Waals surface area contributed by atoms with Gasteiger partial charge in [-0.3, -0.25) is 0 Å². The van der Waals surface area contributed by atoms with Crippen molar-refractivity contribution in [3.8, 4) is 0 Å². The van der Waals surface area contributed by atoms with Crippen LogP contribution in [0.3, 0.4) is 0 Å². The van der Waals surface area contributed by atoms with E-state index in [1.807, 2.05) is 26.1 Å². The lowest BCUT2D eigenvalue weighted by atomic mass is 9.95. The number of hydrogen-bond donors (Lipinski definition) is 1. The SMILES string of the molecule is CCOCCCC(CNC)Cc1ccc(Cl)cc1. The number of benzene rings is 1. The van der Waals surface area contributed by atoms with E-state index < -0.39 is 0 Å². The van der Waals surface area contributed by atoms with Gasteiger partial charge in [0.1, 0.15) is 0 Å². The summed E-state index contributed by atoms with van der Waals surface area (Å²) in [5.41, 5.74) is 1.36. The molecule has 0 fully saturated rings. The van der Waals surface area contributed by atoms with E-state index in [0.717, 1.165) is 37.6 Å². The van der Waals surface area contributed by atoms with Crippen LogP contribution in [0.25, 0.3) is 0 Å². The van der Waals surface area contributed by atoms with Crippen LogP contribution in [0.5, 0.6) is 0 Å². The Balaban J connectivity index is 2.38. The Morgan fingerprint density at radius 2 is 2.00 bits per heavy atom. The van der Waals surface area contributed by atoms with Gasteiger partial charge in [-0.15, -0.1) is 0 Å². The van der Waals surface area contributed by atoms with Gasteiger partial charge in [0, 0.05) is 18.2 Å². The molecule has 3 heteroatoms. The third-order valence-corrected chi connectivity index (χ3v) is 3.29. The quantitative estimate of drug-likeness (QED) is 0.693. The van der Waals surface area contributed by atoms with Crippen molar-refractivity contribution in [1.29, 1.82) is 0 Å². The Morgan fingerprint density at radius 1 is 1.28 bits per heavy atom. The number of ether oxygens (including phenoxy) is 1. The lowest BCUT2D eigenvalue weighted by Crippen LogP contribution is -2.21. The monoisotopic (exact) mass is 269 g/mol. The minimum absolute atomic E-state index is 0.664. The van der Waals surface area contributed by atoms with Gasteiger partial charge >= 0.3 is 0 Å². The van der Waals surface area contributed by atoms with Crippen molar-refractivity contribution in [3.63, 3.8) is 0 Å². The van der Waals surface area contributed by atoms with Gasteiger partial charge in [0.2, 0.25) is 0 Å². The van der Waals surface area contributed by atoms with Crippen LogP contribution >= 0.6 is 11.6 Å². The van der Waals surface area contributed by atoms with E-state index in [-0.39, 0.29) is 0 Å². The zero-order valence-corrected chi connectivity index (χ0v) is 12.2. The lowest BCUT2D eigenvalue weighted by molar-refractivity contribution is 0.139. The molecule has 0 aromatic heterocycles. The fraction of sp³-hybridized carbons (Fsp3) is 0.600. The molecular weight excluding hydrogens is 246 g/mol. The van der Waals surface area contributed by atoms with Crippen molar-refractivity contribution in [3.05, 3.63) is 34.9 Å². The molecule has 0 spiro atoms. The maximum atomic E-state index is 5.90. The van der Waals surface area contributed by atoms with E-state index in [1.54, 1.807) is 0 Å². The fourth-order valence-electron chi connectivity index (χ4n) is 2.14. The van der Waals surface area contributed by atoms with E-state index in [1.165, 1.54) is 12.0 Å². The van der Waals surface area contributed by atoms with E-state index in [0.29, 0.717) is 5.92 Å². The molecule has 1 atom stereocenters. The van der Waals surface area contributed by atoms with Crippen molar-refractivity contribution in [2.75, 3.05) is 26.8 Å². The minimum Gasteiger partial charge on any atom is -0.382 e. The van der Waals surface area contributed by atoms with Crippen LogP contribution in [0.2, 0.25) is 5.02 Å². The Labute approximate surface area is 116 Å². The molecule has 0 saturated carbocycles. The van der Waals surface area contributed by atoms with Crippen molar-refractivity contribution in [1.82, 2.24) is 5.32 Å². The first-order chi connectivity index (χ1) is 8.76. The molecule has 0 aliphatic rings. The second-order valence-corrected chi connectivity index (χ2v) is 5.03. The normalized spacial score (nSPS) is 12.6. The molecule has 2 nitrogen and oxygen atoms in total. The summed E-state index contributed by atoms with van der Waals surface area (Å²) in [4.78, 5) is 0. The van der Waals surface area contributed by atoms with Gasteiger partial charge in [-0.2, -0.15) is 0 Å². The van der Waals surface area contributed by atoms with Crippen LogP contribution in [0.15, 0.2) is 24.3 Å². The number of rotatable bonds is 9. The van der Waals surface area contributed by atoms with E-state index in [4.69, 9.17) is 16.3 Å². The van der Waals surface area contributed by atoms with E-state index in [9.17, 15) is 0 Å². The third-order valence-electron chi connectivity index (χ3n) is 3.04. The van der Waals surface area contributed by atoms with Gasteiger partial charge in [-0.05, 0) is 63.4 Å². The van der Waals surface area contributed by atoms with Crippen LogP contribution in [0.4, 0.5) is 0 Å². The van der Waals surface area contributed by atoms with Gasteiger partial charge in [0.05, 0.1) is 0 Å². The summed E-state index contributed by atoms with van der Waals surface area (Å²) in [6.07, 6.45) is 3.43. The largest absolute Gasteiger partial charge is 0.382 e. The molecule has 0 aliphatic carbocycles. The summed E-state index contributed by atoms with van der Waals surface area (Å²) in [5, 5.41) is 4.08. The minimum atomic E-state index is 0.664. The lowest BCUT2D eigenvalue weighted by Gasteiger charge is -2.16. The summed E-state index contributed by atoms with van der Waals surface area (Å²) in [6, 6.07) is 8.17. The second kappa shape index (κ2) is 9.37. The van der Waals surface area contributed by atoms with Crippen LogP contribution < -0.4 is 5.32 Å². The average molecular weight is 270 g/mol. The van der Waals surface area contributed by atoms with E-state index >= 15 is 0 Å². The Hall–Kier alpha value is -0.570. The highest BCUT2D eigenvalue weighted by molar-refractivity contribution is 6.30. The average Bonchev–Trinajstić information content (AvgIpc) is 2.37. The maximum absolute atomic E-state index is 5.90. The third kappa shape index (κ3) is 6.39. The molecule has 1 aromatic rings. The van der Waals surface area contributed by atoms with Crippen molar-refractivity contribution >= 4 is 11.6 Å². The van der Waals surface area contributed by atoms with Crippen LogP contribution in [0.1, 0.15) is 25.3 Å². The molecule has 1 N–H and O–H groups in total. The molecule has 0 aliphatic heterocycles. The zero-order valence-electron chi connectivity index (χ0n) is 11.4. The molecule has 1 aromatic carbocycles. The summed E-state index contributed by atoms with van der Waals surface area (Å²) < 4.78 is 5.39. The van der Waals surface area contributed by atoms with Gasteiger partial charge in [-0.25, -0.2) is 0 Å². The second-order valence-electron chi connectivity index (χ2n) is 4.59. The van der Waals surface area contributed by atoms with Crippen LogP contribution in [0, 0.1) is 5.92 Å². The van der Waals surface area contributed by atoms with Gasteiger partial charge in [-0.1, -0.05) is 23.7 Å².